The van der Waals surface area contributed by atoms with Gasteiger partial charge in [-0.3, -0.25) is 25.0 Å². The molecule has 0 aliphatic carbocycles. The van der Waals surface area contributed by atoms with Gasteiger partial charge in [0.25, 0.3) is 0 Å². The number of nitrogens with zero attached hydrogens (tertiary/aromatic N) is 3. The van der Waals surface area contributed by atoms with Gasteiger partial charge >= 0.3 is 6.03 Å². The number of amides is 3. The van der Waals surface area contributed by atoms with Crippen molar-refractivity contribution in [1.29, 1.82) is 0 Å². The Bertz CT molecular complexity index is 640. The topological polar surface area (TPSA) is 75.2 Å². The molecule has 0 unspecified atom stereocenters. The molecule has 1 saturated heterocycles. The molecule has 100 valence electrons. The predicted octanol–water partition coefficient (Wildman–Crippen LogP) is 1.59. The van der Waals surface area contributed by atoms with Crippen LogP contribution in [0, 0.1) is 0 Å². The second kappa shape index (κ2) is 5.08. The maximum Gasteiger partial charge on any atom is 0.328 e. The average molecular weight is 268 g/mol. The Balaban J connectivity index is 1.83. The van der Waals surface area contributed by atoms with Crippen LogP contribution in [0.3, 0.4) is 0 Å². The lowest BCUT2D eigenvalue weighted by Crippen LogP contribution is -2.49. The summed E-state index contributed by atoms with van der Waals surface area (Å²) < 4.78 is 0. The highest BCUT2D eigenvalue weighted by molar-refractivity contribution is 6.05. The number of hydrogen-bond acceptors (Lipinski definition) is 4. The van der Waals surface area contributed by atoms with Gasteiger partial charge in [0.2, 0.25) is 5.91 Å². The number of pyridine rings is 2. The molecule has 0 spiro atoms. The fraction of sp³-hybridized carbons (Fsp3) is 0.143. The van der Waals surface area contributed by atoms with Gasteiger partial charge in [-0.2, -0.15) is 0 Å². The molecule has 6 nitrogen and oxygen atoms in total. The Morgan fingerprint density at radius 3 is 2.70 bits per heavy atom. The molecule has 0 bridgehead atoms. The first-order valence-electron chi connectivity index (χ1n) is 6.22. The van der Waals surface area contributed by atoms with Crippen LogP contribution in [0.25, 0.3) is 11.3 Å². The second-order valence-electron chi connectivity index (χ2n) is 4.40. The van der Waals surface area contributed by atoms with Crippen molar-refractivity contribution in [1.82, 2.24) is 15.3 Å². The molecule has 2 aromatic rings. The summed E-state index contributed by atoms with van der Waals surface area (Å²) in [5.74, 6) is -0.244. The first-order chi connectivity index (χ1) is 9.74. The van der Waals surface area contributed by atoms with Crippen LogP contribution >= 0.6 is 0 Å². The number of nitrogens with one attached hydrogen (secondary N) is 1. The van der Waals surface area contributed by atoms with Gasteiger partial charge in [-0.1, -0.05) is 0 Å². The highest BCUT2D eigenvalue weighted by Crippen LogP contribution is 2.20. The number of carbonyl (C=O) groups excluding carboxylic acids is 2. The lowest BCUT2D eigenvalue weighted by molar-refractivity contribution is -0.120. The second-order valence-corrected chi connectivity index (χ2v) is 4.40. The van der Waals surface area contributed by atoms with E-state index < -0.39 is 6.03 Å². The standard InChI is InChI=1S/C14H12N4O2/c19-13-5-7-18(14(20)17-13)11-3-4-12(16-9-11)10-2-1-6-15-8-10/h1-4,6,8-9H,5,7H2,(H,17,19,20). The van der Waals surface area contributed by atoms with Crippen molar-refractivity contribution >= 4 is 17.6 Å². The zero-order chi connectivity index (χ0) is 13.9. The smallest absolute Gasteiger partial charge is 0.292 e. The van der Waals surface area contributed by atoms with Crippen molar-refractivity contribution in [3.63, 3.8) is 0 Å². The maximum absolute atomic E-state index is 11.7. The molecule has 1 N–H and O–H groups in total. The zero-order valence-corrected chi connectivity index (χ0v) is 10.6. The maximum atomic E-state index is 11.7. The number of aromatic nitrogens is 2. The Kier molecular flexibility index (Phi) is 3.12. The minimum absolute atomic E-state index is 0.244. The summed E-state index contributed by atoms with van der Waals surface area (Å²) in [4.78, 5) is 32.7. The first kappa shape index (κ1) is 12.3. The van der Waals surface area contributed by atoms with E-state index in [1.807, 2.05) is 24.3 Å². The number of rotatable bonds is 2. The number of anilines is 1. The van der Waals surface area contributed by atoms with Gasteiger partial charge in [-0.15, -0.1) is 0 Å². The molecule has 3 amide bonds. The third-order valence-corrected chi connectivity index (χ3v) is 3.07. The molecular weight excluding hydrogens is 256 g/mol. The molecule has 0 aromatic carbocycles. The van der Waals surface area contributed by atoms with Gasteiger partial charge in [-0.25, -0.2) is 4.79 Å². The summed E-state index contributed by atoms with van der Waals surface area (Å²) in [5, 5.41) is 2.28. The molecule has 1 aliphatic heterocycles. The SMILES string of the molecule is O=C1CCN(c2ccc(-c3cccnc3)nc2)C(=O)N1. The van der Waals surface area contributed by atoms with Crippen LogP contribution in [0.15, 0.2) is 42.9 Å². The van der Waals surface area contributed by atoms with E-state index in [1.54, 1.807) is 18.6 Å². The summed E-state index contributed by atoms with van der Waals surface area (Å²) in [5.41, 5.74) is 2.37. The molecule has 1 aliphatic rings. The Morgan fingerprint density at radius 1 is 1.15 bits per heavy atom. The van der Waals surface area contributed by atoms with E-state index in [0.29, 0.717) is 18.7 Å². The van der Waals surface area contributed by atoms with Gasteiger partial charge in [-0.05, 0) is 24.3 Å². The summed E-state index contributed by atoms with van der Waals surface area (Å²) in [6, 6.07) is 6.99. The molecule has 0 atom stereocenters. The van der Waals surface area contributed by atoms with Gasteiger partial charge in [0.05, 0.1) is 17.6 Å². The first-order valence-corrected chi connectivity index (χ1v) is 6.22. The minimum atomic E-state index is -0.405. The summed E-state index contributed by atoms with van der Waals surface area (Å²) in [6.45, 7) is 0.374. The Hall–Kier alpha value is -2.76. The van der Waals surface area contributed by atoms with Crippen molar-refractivity contribution in [2.45, 2.75) is 6.42 Å². The number of carbonyl (C=O) groups is 2. The summed E-state index contributed by atoms with van der Waals surface area (Å²) >= 11 is 0. The van der Waals surface area contributed by atoms with Crippen molar-refractivity contribution < 1.29 is 9.59 Å². The molecular formula is C14H12N4O2. The normalized spacial score (nSPS) is 15.1. The molecule has 6 heteroatoms. The van der Waals surface area contributed by atoms with E-state index in [1.165, 1.54) is 4.90 Å². The molecule has 2 aromatic heterocycles. The minimum Gasteiger partial charge on any atom is -0.292 e. The molecule has 20 heavy (non-hydrogen) atoms. The summed E-state index contributed by atoms with van der Waals surface area (Å²) in [6.07, 6.45) is 5.36. The average Bonchev–Trinajstić information content (AvgIpc) is 2.48. The third-order valence-electron chi connectivity index (χ3n) is 3.07. The van der Waals surface area contributed by atoms with Gasteiger partial charge in [0.1, 0.15) is 0 Å². The molecule has 3 heterocycles. The highest BCUT2D eigenvalue weighted by Gasteiger charge is 2.24. The van der Waals surface area contributed by atoms with Gasteiger partial charge in [0, 0.05) is 30.9 Å². The van der Waals surface area contributed by atoms with Crippen LogP contribution in [0.4, 0.5) is 10.5 Å². The fourth-order valence-electron chi connectivity index (χ4n) is 2.04. The quantitative estimate of drug-likeness (QED) is 0.897. The van der Waals surface area contributed by atoms with Gasteiger partial charge in [0.15, 0.2) is 0 Å². The van der Waals surface area contributed by atoms with Crippen LogP contribution < -0.4 is 10.2 Å². The molecule has 3 rings (SSSR count). The van der Waals surface area contributed by atoms with Crippen molar-refractivity contribution in [3.05, 3.63) is 42.9 Å². The Morgan fingerprint density at radius 2 is 2.05 bits per heavy atom. The predicted molar refractivity (Wildman–Crippen MR) is 73.0 cm³/mol. The van der Waals surface area contributed by atoms with Crippen molar-refractivity contribution in [3.8, 4) is 11.3 Å². The summed E-state index contributed by atoms with van der Waals surface area (Å²) in [7, 11) is 0. The Labute approximate surface area is 115 Å². The van der Waals surface area contributed by atoms with E-state index in [0.717, 1.165) is 11.3 Å². The van der Waals surface area contributed by atoms with Crippen molar-refractivity contribution in [2.75, 3.05) is 11.4 Å². The van der Waals surface area contributed by atoms with Crippen LogP contribution in [0.5, 0.6) is 0 Å². The van der Waals surface area contributed by atoms with E-state index in [-0.39, 0.29) is 5.91 Å². The van der Waals surface area contributed by atoms with Gasteiger partial charge < -0.3 is 0 Å². The lowest BCUT2D eigenvalue weighted by Gasteiger charge is -2.26. The monoisotopic (exact) mass is 268 g/mol. The van der Waals surface area contributed by atoms with Crippen LogP contribution in [0.2, 0.25) is 0 Å². The largest absolute Gasteiger partial charge is 0.328 e. The third kappa shape index (κ3) is 2.35. The molecule has 0 radical (unpaired) electrons. The van der Waals surface area contributed by atoms with E-state index >= 15 is 0 Å². The van der Waals surface area contributed by atoms with Crippen LogP contribution in [-0.2, 0) is 4.79 Å². The number of urea groups is 1. The molecule has 0 saturated carbocycles. The van der Waals surface area contributed by atoms with E-state index in [9.17, 15) is 9.59 Å². The highest BCUT2D eigenvalue weighted by atomic mass is 16.2. The zero-order valence-electron chi connectivity index (χ0n) is 10.6. The number of hydrogen-bond donors (Lipinski definition) is 1. The lowest BCUT2D eigenvalue weighted by atomic mass is 10.2. The van der Waals surface area contributed by atoms with Crippen LogP contribution in [0.1, 0.15) is 6.42 Å². The molecule has 1 fully saturated rings. The number of imide groups is 1. The van der Waals surface area contributed by atoms with Crippen LogP contribution in [-0.4, -0.2) is 28.5 Å². The van der Waals surface area contributed by atoms with Crippen molar-refractivity contribution in [2.24, 2.45) is 0 Å². The fourth-order valence-corrected chi connectivity index (χ4v) is 2.04. The van der Waals surface area contributed by atoms with E-state index in [4.69, 9.17) is 0 Å². The van der Waals surface area contributed by atoms with E-state index in [2.05, 4.69) is 15.3 Å².